The molecule has 1 aliphatic rings. The fourth-order valence-corrected chi connectivity index (χ4v) is 4.18. The van der Waals surface area contributed by atoms with Gasteiger partial charge in [-0.05, 0) is 64.5 Å². The van der Waals surface area contributed by atoms with E-state index in [-0.39, 0.29) is 0 Å². The van der Waals surface area contributed by atoms with Crippen molar-refractivity contribution in [3.05, 3.63) is 18.2 Å². The average Bonchev–Trinajstić information content (AvgIpc) is 3.00. The maximum Gasteiger partial charge on any atom is 0.502 e. The van der Waals surface area contributed by atoms with Crippen molar-refractivity contribution in [3.63, 3.8) is 0 Å². The summed E-state index contributed by atoms with van der Waals surface area (Å²) in [5, 5.41) is 0. The molecule has 2 atom stereocenters. The van der Waals surface area contributed by atoms with E-state index in [4.69, 9.17) is 18.8 Å². The first-order valence-corrected chi connectivity index (χ1v) is 13.4. The molecular formula is C28H49BO4. The number of hydrogen-bond acceptors (Lipinski definition) is 4. The second-order valence-corrected chi connectivity index (χ2v) is 10.7. The molecule has 2 unspecified atom stereocenters. The lowest BCUT2D eigenvalue weighted by Gasteiger charge is -2.32. The molecule has 0 aliphatic carbocycles. The molecule has 1 saturated heterocycles. The van der Waals surface area contributed by atoms with Gasteiger partial charge in [-0.1, -0.05) is 72.3 Å². The highest BCUT2D eigenvalue weighted by molar-refractivity contribution is 6.64. The molecule has 1 fully saturated rings. The maximum atomic E-state index is 6.45. The molecule has 33 heavy (non-hydrogen) atoms. The molecule has 0 spiro atoms. The molecule has 188 valence electrons. The Hall–Kier alpha value is -1.20. The van der Waals surface area contributed by atoms with Crippen molar-refractivity contribution in [2.45, 2.75) is 118 Å². The van der Waals surface area contributed by atoms with Gasteiger partial charge in [-0.3, -0.25) is 0 Å². The van der Waals surface area contributed by atoms with Gasteiger partial charge in [-0.25, -0.2) is 0 Å². The van der Waals surface area contributed by atoms with Crippen LogP contribution < -0.4 is 14.9 Å². The zero-order valence-electron chi connectivity index (χ0n) is 22.7. The van der Waals surface area contributed by atoms with Crippen LogP contribution in [0.4, 0.5) is 0 Å². The quantitative estimate of drug-likeness (QED) is 0.260. The van der Waals surface area contributed by atoms with Crippen molar-refractivity contribution in [2.24, 2.45) is 11.8 Å². The van der Waals surface area contributed by atoms with Crippen LogP contribution >= 0.6 is 0 Å². The molecule has 0 saturated carbocycles. The SMILES string of the molecule is CCCCC(CC)COc1cccc(OCC(CC)CCCC)c1B1OC(C)(C)C(C)(C)O1. The summed E-state index contributed by atoms with van der Waals surface area (Å²) in [7, 11) is -0.507. The summed E-state index contributed by atoms with van der Waals surface area (Å²) in [6, 6.07) is 6.10. The first-order chi connectivity index (χ1) is 15.7. The first kappa shape index (κ1) is 28.0. The highest BCUT2D eigenvalue weighted by Gasteiger charge is 2.53. The Morgan fingerprint density at radius 1 is 0.758 bits per heavy atom. The predicted octanol–water partition coefficient (Wildman–Crippen LogP) is 7.18. The Bertz CT molecular complexity index is 649. The monoisotopic (exact) mass is 460 g/mol. The fraction of sp³-hybridized carbons (Fsp3) is 0.786. The molecule has 0 radical (unpaired) electrons. The van der Waals surface area contributed by atoms with Gasteiger partial charge in [0.25, 0.3) is 0 Å². The molecule has 1 heterocycles. The number of ether oxygens (including phenoxy) is 2. The van der Waals surface area contributed by atoms with E-state index in [2.05, 4.69) is 55.4 Å². The van der Waals surface area contributed by atoms with Crippen LogP contribution in [0.15, 0.2) is 18.2 Å². The van der Waals surface area contributed by atoms with Crippen LogP contribution in [0.3, 0.4) is 0 Å². The van der Waals surface area contributed by atoms with Crippen molar-refractivity contribution >= 4 is 12.6 Å². The van der Waals surface area contributed by atoms with Crippen LogP contribution in [0, 0.1) is 11.8 Å². The highest BCUT2D eigenvalue weighted by Crippen LogP contribution is 2.38. The van der Waals surface area contributed by atoms with Gasteiger partial charge < -0.3 is 18.8 Å². The van der Waals surface area contributed by atoms with Gasteiger partial charge in [0.15, 0.2) is 0 Å². The molecule has 1 aromatic carbocycles. The summed E-state index contributed by atoms with van der Waals surface area (Å²) in [6.45, 7) is 18.8. The molecule has 1 aliphatic heterocycles. The molecule has 0 amide bonds. The van der Waals surface area contributed by atoms with Crippen LogP contribution in [0.1, 0.15) is 107 Å². The first-order valence-electron chi connectivity index (χ1n) is 13.4. The maximum absolute atomic E-state index is 6.45. The minimum Gasteiger partial charge on any atom is -0.494 e. The van der Waals surface area contributed by atoms with Gasteiger partial charge in [0.1, 0.15) is 11.5 Å². The predicted molar refractivity (Wildman–Crippen MR) is 140 cm³/mol. The van der Waals surface area contributed by atoms with Gasteiger partial charge in [0.05, 0.1) is 29.9 Å². The zero-order valence-corrected chi connectivity index (χ0v) is 22.7. The molecule has 1 aromatic rings. The number of hydrogen-bond donors (Lipinski definition) is 0. The second-order valence-electron chi connectivity index (χ2n) is 10.7. The second kappa shape index (κ2) is 13.0. The third kappa shape index (κ3) is 7.65. The molecule has 4 nitrogen and oxygen atoms in total. The van der Waals surface area contributed by atoms with Crippen LogP contribution in [-0.2, 0) is 9.31 Å². The smallest absolute Gasteiger partial charge is 0.494 e. The Balaban J connectivity index is 2.28. The summed E-state index contributed by atoms with van der Waals surface area (Å²) in [6.07, 6.45) is 9.56. The lowest BCUT2D eigenvalue weighted by Crippen LogP contribution is -2.41. The Kier molecular flexibility index (Phi) is 11.1. The van der Waals surface area contributed by atoms with Gasteiger partial charge in [-0.15, -0.1) is 0 Å². The number of benzene rings is 1. The van der Waals surface area contributed by atoms with Gasteiger partial charge in [0.2, 0.25) is 0 Å². The van der Waals surface area contributed by atoms with Crippen LogP contribution in [-0.4, -0.2) is 31.5 Å². The van der Waals surface area contributed by atoms with Gasteiger partial charge in [0, 0.05) is 0 Å². The minimum absolute atomic E-state index is 0.414. The number of rotatable bonds is 15. The average molecular weight is 461 g/mol. The van der Waals surface area contributed by atoms with Crippen molar-refractivity contribution in [2.75, 3.05) is 13.2 Å². The summed E-state index contributed by atoms with van der Waals surface area (Å²) in [5.74, 6) is 2.75. The van der Waals surface area contributed by atoms with Gasteiger partial charge >= 0.3 is 7.12 Å². The van der Waals surface area contributed by atoms with E-state index in [1.165, 1.54) is 38.5 Å². The fourth-order valence-electron chi connectivity index (χ4n) is 4.18. The summed E-state index contributed by atoms with van der Waals surface area (Å²) in [5.41, 5.74) is 0.0663. The standard InChI is InChI=1S/C28H49BO4/c1-9-13-16-22(11-3)20-30-24-18-15-19-25(31-21-23(12-4)17-14-10-2)26(24)29-32-27(5,6)28(7,8)33-29/h15,18-19,22-23H,9-14,16-17,20-21H2,1-8H3. The Morgan fingerprint density at radius 2 is 1.18 bits per heavy atom. The summed E-state index contributed by atoms with van der Waals surface area (Å²) < 4.78 is 25.8. The van der Waals surface area contributed by atoms with E-state index in [1.54, 1.807) is 0 Å². The van der Waals surface area contributed by atoms with Crippen molar-refractivity contribution in [3.8, 4) is 11.5 Å². The largest absolute Gasteiger partial charge is 0.502 e. The molecule has 0 N–H and O–H groups in total. The molecule has 0 aromatic heterocycles. The highest BCUT2D eigenvalue weighted by atomic mass is 16.7. The lowest BCUT2D eigenvalue weighted by atomic mass is 9.77. The van der Waals surface area contributed by atoms with Crippen molar-refractivity contribution < 1.29 is 18.8 Å². The van der Waals surface area contributed by atoms with Crippen LogP contribution in [0.2, 0.25) is 0 Å². The summed E-state index contributed by atoms with van der Waals surface area (Å²) in [4.78, 5) is 0. The Labute approximate surface area is 204 Å². The third-order valence-corrected chi connectivity index (χ3v) is 7.55. The summed E-state index contributed by atoms with van der Waals surface area (Å²) >= 11 is 0. The number of unbranched alkanes of at least 4 members (excludes halogenated alkanes) is 2. The van der Waals surface area contributed by atoms with E-state index in [1.807, 2.05) is 18.2 Å². The van der Waals surface area contributed by atoms with E-state index in [0.29, 0.717) is 25.0 Å². The minimum atomic E-state index is -0.507. The molecule has 5 heteroatoms. The molecule has 2 rings (SSSR count). The zero-order chi connectivity index (χ0) is 24.5. The van der Waals surface area contributed by atoms with Crippen molar-refractivity contribution in [1.29, 1.82) is 0 Å². The van der Waals surface area contributed by atoms with Crippen LogP contribution in [0.5, 0.6) is 11.5 Å². The molecular weight excluding hydrogens is 411 g/mol. The van der Waals surface area contributed by atoms with E-state index in [0.717, 1.165) is 29.8 Å². The molecule has 0 bridgehead atoms. The van der Waals surface area contributed by atoms with Crippen molar-refractivity contribution in [1.82, 2.24) is 0 Å². The van der Waals surface area contributed by atoms with E-state index in [9.17, 15) is 0 Å². The normalized spacial score (nSPS) is 18.8. The lowest BCUT2D eigenvalue weighted by molar-refractivity contribution is 0.00578. The van der Waals surface area contributed by atoms with E-state index >= 15 is 0 Å². The van der Waals surface area contributed by atoms with Crippen LogP contribution in [0.25, 0.3) is 0 Å². The van der Waals surface area contributed by atoms with Gasteiger partial charge in [-0.2, -0.15) is 0 Å². The van der Waals surface area contributed by atoms with E-state index < -0.39 is 18.3 Å². The topological polar surface area (TPSA) is 36.9 Å². The third-order valence-electron chi connectivity index (χ3n) is 7.55. The Morgan fingerprint density at radius 3 is 1.55 bits per heavy atom.